The molecule has 0 aliphatic heterocycles. The van der Waals surface area contributed by atoms with Crippen molar-refractivity contribution in [3.63, 3.8) is 0 Å². The monoisotopic (exact) mass is 388 g/mol. The number of hydrogen-bond donors (Lipinski definition) is 0. The molecule has 0 N–H and O–H groups in total. The third kappa shape index (κ3) is 6.42. The molecule has 0 amide bonds. The number of rotatable bonds is 8. The quantitative estimate of drug-likeness (QED) is 0.309. The smallest absolute Gasteiger partial charge is 0.159 e. The van der Waals surface area contributed by atoms with Crippen LogP contribution in [0.2, 0.25) is 0 Å². The molecule has 0 atom stereocenters. The molecule has 2 aliphatic rings. The molecule has 0 aromatic heterocycles. The van der Waals surface area contributed by atoms with E-state index in [1.165, 1.54) is 82.8 Å². The van der Waals surface area contributed by atoms with Crippen molar-refractivity contribution < 1.29 is 8.78 Å². The van der Waals surface area contributed by atoms with Crippen LogP contribution < -0.4 is 0 Å². The van der Waals surface area contributed by atoms with E-state index in [2.05, 4.69) is 19.1 Å². The van der Waals surface area contributed by atoms with Gasteiger partial charge in [0, 0.05) is 0 Å². The molecule has 0 spiro atoms. The van der Waals surface area contributed by atoms with Crippen molar-refractivity contribution in [1.82, 2.24) is 0 Å². The minimum Gasteiger partial charge on any atom is -0.204 e. The zero-order valence-corrected chi connectivity index (χ0v) is 17.6. The molecule has 1 aromatic rings. The van der Waals surface area contributed by atoms with E-state index < -0.39 is 11.6 Å². The van der Waals surface area contributed by atoms with Gasteiger partial charge in [0.05, 0.1) is 0 Å². The van der Waals surface area contributed by atoms with Crippen LogP contribution in [0.1, 0.15) is 102 Å². The Bertz CT molecular complexity index is 605. The van der Waals surface area contributed by atoms with Crippen molar-refractivity contribution in [2.75, 3.05) is 0 Å². The summed E-state index contributed by atoms with van der Waals surface area (Å²) in [5, 5.41) is 0. The lowest BCUT2D eigenvalue weighted by Crippen LogP contribution is -2.18. The lowest BCUT2D eigenvalue weighted by molar-refractivity contribution is 0.223. The van der Waals surface area contributed by atoms with E-state index in [0.29, 0.717) is 5.92 Å². The van der Waals surface area contributed by atoms with Gasteiger partial charge in [0.15, 0.2) is 11.6 Å². The van der Waals surface area contributed by atoms with E-state index in [1.807, 2.05) is 0 Å². The highest BCUT2D eigenvalue weighted by atomic mass is 19.2. The van der Waals surface area contributed by atoms with Crippen LogP contribution in [0.5, 0.6) is 0 Å². The Morgan fingerprint density at radius 1 is 0.786 bits per heavy atom. The van der Waals surface area contributed by atoms with Gasteiger partial charge in [-0.05, 0) is 86.8 Å². The second-order valence-corrected chi connectivity index (χ2v) is 9.36. The predicted molar refractivity (Wildman–Crippen MR) is 114 cm³/mol. The number of benzene rings is 1. The molecule has 156 valence electrons. The average Bonchev–Trinajstić information content (AvgIpc) is 2.73. The zero-order valence-electron chi connectivity index (χ0n) is 17.6. The molecule has 0 nitrogen and oxygen atoms in total. The van der Waals surface area contributed by atoms with E-state index in [4.69, 9.17) is 0 Å². The Kier molecular flexibility index (Phi) is 8.55. The molecule has 0 unspecified atom stereocenters. The van der Waals surface area contributed by atoms with E-state index in [-0.39, 0.29) is 0 Å². The van der Waals surface area contributed by atoms with E-state index in [1.54, 1.807) is 6.07 Å². The van der Waals surface area contributed by atoms with Crippen LogP contribution in [0.25, 0.3) is 0 Å². The molecule has 2 fully saturated rings. The van der Waals surface area contributed by atoms with Crippen molar-refractivity contribution in [2.24, 2.45) is 17.8 Å². The molecule has 0 bridgehead atoms. The van der Waals surface area contributed by atoms with Crippen molar-refractivity contribution in [1.29, 1.82) is 0 Å². The van der Waals surface area contributed by atoms with Gasteiger partial charge >= 0.3 is 0 Å². The largest absolute Gasteiger partial charge is 0.204 e. The van der Waals surface area contributed by atoms with Crippen molar-refractivity contribution in [3.8, 4) is 0 Å². The second-order valence-electron chi connectivity index (χ2n) is 9.36. The van der Waals surface area contributed by atoms with Gasteiger partial charge in [-0.3, -0.25) is 0 Å². The van der Waals surface area contributed by atoms with Crippen LogP contribution >= 0.6 is 0 Å². The lowest BCUT2D eigenvalue weighted by atomic mass is 9.74. The zero-order chi connectivity index (χ0) is 19.8. The predicted octanol–water partition coefficient (Wildman–Crippen LogP) is 8.57. The third-order valence-corrected chi connectivity index (χ3v) is 7.43. The Labute approximate surface area is 170 Å². The van der Waals surface area contributed by atoms with Crippen LogP contribution in [0, 0.1) is 29.4 Å². The normalized spacial score (nSPS) is 28.7. The molecule has 2 heteroatoms. The Balaban J connectivity index is 1.31. The van der Waals surface area contributed by atoms with E-state index >= 15 is 0 Å². The van der Waals surface area contributed by atoms with Crippen LogP contribution in [0.15, 0.2) is 30.4 Å². The highest BCUT2D eigenvalue weighted by Gasteiger charge is 2.25. The molecule has 2 aliphatic carbocycles. The van der Waals surface area contributed by atoms with Gasteiger partial charge in [-0.1, -0.05) is 63.2 Å². The molecule has 1 aromatic carbocycles. The van der Waals surface area contributed by atoms with Crippen LogP contribution in [0.3, 0.4) is 0 Å². The summed E-state index contributed by atoms with van der Waals surface area (Å²) in [6.07, 6.45) is 21.8. The minimum atomic E-state index is -0.732. The maximum atomic E-state index is 13.5. The highest BCUT2D eigenvalue weighted by molar-refractivity contribution is 5.22. The summed E-state index contributed by atoms with van der Waals surface area (Å²) >= 11 is 0. The SMILES string of the molecule is C/C=C\CCCC1CCC(CCC2CCC(c3ccc(F)c(F)c3)CC2)CC1. The average molecular weight is 389 g/mol. The molecule has 0 radical (unpaired) electrons. The summed E-state index contributed by atoms with van der Waals surface area (Å²) in [5.74, 6) is 1.77. The Morgan fingerprint density at radius 2 is 1.36 bits per heavy atom. The number of allylic oxidation sites excluding steroid dienone is 2. The first-order valence-electron chi connectivity index (χ1n) is 11.7. The summed E-state index contributed by atoms with van der Waals surface area (Å²) in [6, 6.07) is 4.48. The Hall–Kier alpha value is -1.18. The molecular weight excluding hydrogens is 350 g/mol. The van der Waals surface area contributed by atoms with Gasteiger partial charge in [0.1, 0.15) is 0 Å². The molecule has 0 heterocycles. The molecule has 2 saturated carbocycles. The maximum Gasteiger partial charge on any atom is 0.159 e. The number of hydrogen-bond acceptors (Lipinski definition) is 0. The fraction of sp³-hybridized carbons (Fsp3) is 0.692. The highest BCUT2D eigenvalue weighted by Crippen LogP contribution is 2.40. The summed E-state index contributed by atoms with van der Waals surface area (Å²) in [5.41, 5.74) is 0.991. The van der Waals surface area contributed by atoms with Gasteiger partial charge in [-0.15, -0.1) is 0 Å². The van der Waals surface area contributed by atoms with Gasteiger partial charge < -0.3 is 0 Å². The van der Waals surface area contributed by atoms with Gasteiger partial charge in [0.25, 0.3) is 0 Å². The van der Waals surface area contributed by atoms with Crippen LogP contribution in [-0.2, 0) is 0 Å². The topological polar surface area (TPSA) is 0 Å². The summed E-state index contributed by atoms with van der Waals surface area (Å²) in [4.78, 5) is 0. The van der Waals surface area contributed by atoms with Gasteiger partial charge in [-0.2, -0.15) is 0 Å². The Morgan fingerprint density at radius 3 is 1.93 bits per heavy atom. The van der Waals surface area contributed by atoms with Crippen molar-refractivity contribution >= 4 is 0 Å². The van der Waals surface area contributed by atoms with Crippen molar-refractivity contribution in [2.45, 2.75) is 96.3 Å². The van der Waals surface area contributed by atoms with Crippen LogP contribution in [0.4, 0.5) is 8.78 Å². The number of halogens is 2. The maximum absolute atomic E-state index is 13.5. The second kappa shape index (κ2) is 11.1. The first-order valence-corrected chi connectivity index (χ1v) is 11.7. The number of unbranched alkanes of at least 4 members (excludes halogenated alkanes) is 1. The van der Waals surface area contributed by atoms with E-state index in [9.17, 15) is 8.78 Å². The van der Waals surface area contributed by atoms with Gasteiger partial charge in [0.2, 0.25) is 0 Å². The lowest BCUT2D eigenvalue weighted by Gasteiger charge is -2.32. The first-order chi connectivity index (χ1) is 13.7. The fourth-order valence-corrected chi connectivity index (χ4v) is 5.52. The minimum absolute atomic E-state index is 0.421. The first kappa shape index (κ1) is 21.5. The van der Waals surface area contributed by atoms with Gasteiger partial charge in [-0.25, -0.2) is 8.78 Å². The molecule has 3 rings (SSSR count). The standard InChI is InChI=1S/C26H38F2/c1-2-3-4-5-6-20-7-9-21(10-8-20)11-12-22-13-15-23(16-14-22)24-17-18-25(27)26(28)19-24/h2-3,17-23H,4-16H2,1H3/b3-2-. The van der Waals surface area contributed by atoms with Crippen LogP contribution in [-0.4, -0.2) is 0 Å². The summed E-state index contributed by atoms with van der Waals surface area (Å²) in [7, 11) is 0. The van der Waals surface area contributed by atoms with Crippen molar-refractivity contribution in [3.05, 3.63) is 47.5 Å². The summed E-state index contributed by atoms with van der Waals surface area (Å²) < 4.78 is 26.6. The third-order valence-electron chi connectivity index (χ3n) is 7.43. The molecular formula is C26H38F2. The fourth-order valence-electron chi connectivity index (χ4n) is 5.52. The molecule has 0 saturated heterocycles. The molecule has 28 heavy (non-hydrogen) atoms. The summed E-state index contributed by atoms with van der Waals surface area (Å²) in [6.45, 7) is 2.11. The van der Waals surface area contributed by atoms with E-state index in [0.717, 1.165) is 36.2 Å².